The van der Waals surface area contributed by atoms with Gasteiger partial charge >= 0.3 is 5.97 Å². The topological polar surface area (TPSA) is 71.5 Å². The number of amides is 1. The second-order valence-corrected chi connectivity index (χ2v) is 5.62. The Balaban J connectivity index is 1.75. The Morgan fingerprint density at radius 2 is 1.96 bits per heavy atom. The first-order chi connectivity index (χ1) is 11.7. The summed E-state index contributed by atoms with van der Waals surface area (Å²) >= 11 is 0. The van der Waals surface area contributed by atoms with Crippen molar-refractivity contribution in [1.82, 2.24) is 4.98 Å². The summed E-state index contributed by atoms with van der Waals surface area (Å²) in [4.78, 5) is 30.4. The molecule has 0 unspecified atom stereocenters. The van der Waals surface area contributed by atoms with E-state index >= 15 is 0 Å². The minimum absolute atomic E-state index is 0.307. The highest BCUT2D eigenvalue weighted by atomic mass is 16.5. The third kappa shape index (κ3) is 3.53. The van der Waals surface area contributed by atoms with Crippen LogP contribution < -0.4 is 10.2 Å². The minimum Gasteiger partial charge on any atom is -0.465 e. The summed E-state index contributed by atoms with van der Waals surface area (Å²) in [5.74, 6) is -0.752. The summed E-state index contributed by atoms with van der Waals surface area (Å²) in [6.07, 6.45) is 3.99. The maximum absolute atomic E-state index is 12.4. The van der Waals surface area contributed by atoms with E-state index < -0.39 is 5.97 Å². The number of benzene rings is 1. The zero-order chi connectivity index (χ0) is 16.9. The molecule has 124 valence electrons. The molecule has 1 N–H and O–H groups in total. The number of ether oxygens (including phenoxy) is 1. The van der Waals surface area contributed by atoms with Gasteiger partial charge in [0, 0.05) is 30.7 Å². The average molecular weight is 325 g/mol. The number of hydrogen-bond donors (Lipinski definition) is 1. The van der Waals surface area contributed by atoms with E-state index in [2.05, 4.69) is 19.9 Å². The molecule has 1 aromatic carbocycles. The Morgan fingerprint density at radius 1 is 1.17 bits per heavy atom. The highest BCUT2D eigenvalue weighted by Gasteiger charge is 2.15. The predicted molar refractivity (Wildman–Crippen MR) is 91.4 cm³/mol. The molecule has 24 heavy (non-hydrogen) atoms. The molecule has 6 nitrogen and oxygen atoms in total. The number of carbonyl (C=O) groups is 2. The molecule has 0 saturated carbocycles. The molecule has 1 aliphatic heterocycles. The van der Waals surface area contributed by atoms with E-state index in [-0.39, 0.29) is 5.91 Å². The van der Waals surface area contributed by atoms with Gasteiger partial charge in [-0.25, -0.2) is 4.79 Å². The second kappa shape index (κ2) is 7.12. The lowest BCUT2D eigenvalue weighted by atomic mass is 10.2. The molecule has 1 amide bonds. The van der Waals surface area contributed by atoms with Crippen molar-refractivity contribution >= 4 is 23.3 Å². The third-order valence-corrected chi connectivity index (χ3v) is 3.99. The molecule has 1 aliphatic rings. The van der Waals surface area contributed by atoms with Crippen LogP contribution in [-0.2, 0) is 4.74 Å². The van der Waals surface area contributed by atoms with Crippen molar-refractivity contribution in [1.29, 1.82) is 0 Å². The number of nitrogens with zero attached hydrogens (tertiary/aromatic N) is 2. The number of hydrogen-bond acceptors (Lipinski definition) is 5. The standard InChI is InChI=1S/C18H19N3O3/c1-24-18(23)13-5-4-6-14(11-13)20-17(22)16-12-15(7-8-19-16)21-9-2-3-10-21/h4-8,11-12H,2-3,9-10H2,1H3,(H,20,22). The van der Waals surface area contributed by atoms with Crippen molar-refractivity contribution in [3.05, 3.63) is 53.9 Å². The quantitative estimate of drug-likeness (QED) is 0.875. The van der Waals surface area contributed by atoms with Gasteiger partial charge in [0.25, 0.3) is 5.91 Å². The number of aromatic nitrogens is 1. The van der Waals surface area contributed by atoms with Crippen LogP contribution >= 0.6 is 0 Å². The minimum atomic E-state index is -0.444. The van der Waals surface area contributed by atoms with E-state index in [0.717, 1.165) is 18.8 Å². The first-order valence-electron chi connectivity index (χ1n) is 7.88. The molecule has 6 heteroatoms. The lowest BCUT2D eigenvalue weighted by Crippen LogP contribution is -2.19. The van der Waals surface area contributed by atoms with Crippen molar-refractivity contribution in [3.63, 3.8) is 0 Å². The van der Waals surface area contributed by atoms with Crippen molar-refractivity contribution in [2.75, 3.05) is 30.4 Å². The fourth-order valence-corrected chi connectivity index (χ4v) is 2.75. The van der Waals surface area contributed by atoms with Crippen molar-refractivity contribution in [2.45, 2.75) is 12.8 Å². The van der Waals surface area contributed by atoms with E-state index in [9.17, 15) is 9.59 Å². The summed E-state index contributed by atoms with van der Waals surface area (Å²) in [7, 11) is 1.32. The lowest BCUT2D eigenvalue weighted by molar-refractivity contribution is 0.0600. The predicted octanol–water partition coefficient (Wildman–Crippen LogP) is 2.72. The molecule has 3 rings (SSSR count). The van der Waals surface area contributed by atoms with Gasteiger partial charge in [-0.3, -0.25) is 9.78 Å². The smallest absolute Gasteiger partial charge is 0.337 e. The number of anilines is 2. The number of nitrogens with one attached hydrogen (secondary N) is 1. The maximum Gasteiger partial charge on any atom is 0.337 e. The average Bonchev–Trinajstić information content (AvgIpc) is 3.16. The molecule has 1 saturated heterocycles. The van der Waals surface area contributed by atoms with Crippen LogP contribution in [0.4, 0.5) is 11.4 Å². The van der Waals surface area contributed by atoms with Gasteiger partial charge in [0.15, 0.2) is 0 Å². The first kappa shape index (κ1) is 16.0. The Labute approximate surface area is 140 Å². The highest BCUT2D eigenvalue weighted by Crippen LogP contribution is 2.20. The Hall–Kier alpha value is -2.89. The van der Waals surface area contributed by atoms with Crippen LogP contribution in [0, 0.1) is 0 Å². The van der Waals surface area contributed by atoms with Crippen LogP contribution in [0.15, 0.2) is 42.6 Å². The summed E-state index contributed by atoms with van der Waals surface area (Å²) in [5.41, 5.74) is 2.27. The molecule has 2 aromatic rings. The zero-order valence-corrected chi connectivity index (χ0v) is 13.5. The summed E-state index contributed by atoms with van der Waals surface area (Å²) in [5, 5.41) is 2.77. The van der Waals surface area contributed by atoms with Gasteiger partial charge in [-0.2, -0.15) is 0 Å². The monoisotopic (exact) mass is 325 g/mol. The normalized spacial score (nSPS) is 13.6. The number of carbonyl (C=O) groups excluding carboxylic acids is 2. The molecule has 0 radical (unpaired) electrons. The third-order valence-electron chi connectivity index (χ3n) is 3.99. The number of pyridine rings is 1. The largest absolute Gasteiger partial charge is 0.465 e. The number of methoxy groups -OCH3 is 1. The van der Waals surface area contributed by atoms with E-state index in [1.807, 2.05) is 6.07 Å². The first-order valence-corrected chi connectivity index (χ1v) is 7.88. The molecule has 1 aromatic heterocycles. The summed E-state index contributed by atoms with van der Waals surface area (Å²) in [6.45, 7) is 2.01. The van der Waals surface area contributed by atoms with Crippen molar-refractivity contribution in [3.8, 4) is 0 Å². The van der Waals surface area contributed by atoms with Gasteiger partial charge in [0.05, 0.1) is 12.7 Å². The Kier molecular flexibility index (Phi) is 4.74. The molecule has 0 aliphatic carbocycles. The Morgan fingerprint density at radius 3 is 2.71 bits per heavy atom. The number of rotatable bonds is 4. The van der Waals surface area contributed by atoms with Crippen LogP contribution in [0.25, 0.3) is 0 Å². The fourth-order valence-electron chi connectivity index (χ4n) is 2.75. The summed E-state index contributed by atoms with van der Waals surface area (Å²) in [6, 6.07) is 10.3. The molecular formula is C18H19N3O3. The lowest BCUT2D eigenvalue weighted by Gasteiger charge is -2.17. The van der Waals surface area contributed by atoms with Gasteiger partial charge in [0.2, 0.25) is 0 Å². The molecule has 0 atom stereocenters. The molecule has 0 spiro atoms. The zero-order valence-electron chi connectivity index (χ0n) is 13.5. The Bertz CT molecular complexity index is 755. The van der Waals surface area contributed by atoms with Crippen LogP contribution in [0.2, 0.25) is 0 Å². The van der Waals surface area contributed by atoms with Crippen LogP contribution in [0.1, 0.15) is 33.7 Å². The van der Waals surface area contributed by atoms with Crippen molar-refractivity contribution < 1.29 is 14.3 Å². The maximum atomic E-state index is 12.4. The van der Waals surface area contributed by atoms with Gasteiger partial charge < -0.3 is 15.0 Å². The van der Waals surface area contributed by atoms with E-state index in [4.69, 9.17) is 0 Å². The van der Waals surface area contributed by atoms with E-state index in [0.29, 0.717) is 16.9 Å². The second-order valence-electron chi connectivity index (χ2n) is 5.62. The molecule has 0 bridgehead atoms. The van der Waals surface area contributed by atoms with Gasteiger partial charge in [0.1, 0.15) is 5.69 Å². The number of esters is 1. The fraction of sp³-hybridized carbons (Fsp3) is 0.278. The van der Waals surface area contributed by atoms with Gasteiger partial charge in [-0.05, 0) is 43.2 Å². The van der Waals surface area contributed by atoms with Gasteiger partial charge in [-0.15, -0.1) is 0 Å². The van der Waals surface area contributed by atoms with Gasteiger partial charge in [-0.1, -0.05) is 6.07 Å². The van der Waals surface area contributed by atoms with E-state index in [1.54, 1.807) is 36.5 Å². The van der Waals surface area contributed by atoms with Crippen LogP contribution in [0.3, 0.4) is 0 Å². The molecular weight excluding hydrogens is 306 g/mol. The molecule has 2 heterocycles. The summed E-state index contributed by atoms with van der Waals surface area (Å²) < 4.78 is 4.68. The SMILES string of the molecule is COC(=O)c1cccc(NC(=O)c2cc(N3CCCC3)ccn2)c1. The van der Waals surface area contributed by atoms with E-state index in [1.165, 1.54) is 20.0 Å². The van der Waals surface area contributed by atoms with Crippen molar-refractivity contribution in [2.24, 2.45) is 0 Å². The molecule has 1 fully saturated rings. The van der Waals surface area contributed by atoms with Crippen LogP contribution in [0.5, 0.6) is 0 Å². The highest BCUT2D eigenvalue weighted by molar-refractivity contribution is 6.04. The van der Waals surface area contributed by atoms with Crippen LogP contribution in [-0.4, -0.2) is 37.1 Å².